The van der Waals surface area contributed by atoms with Crippen molar-refractivity contribution in [3.8, 4) is 0 Å². The van der Waals surface area contributed by atoms with Crippen LogP contribution in [0.3, 0.4) is 0 Å². The third kappa shape index (κ3) is 4.10. The van der Waals surface area contributed by atoms with Gasteiger partial charge in [0.2, 0.25) is 0 Å². The van der Waals surface area contributed by atoms with E-state index in [4.69, 9.17) is 0 Å². The molecule has 0 unspecified atom stereocenters. The molecule has 1 heterocycles. The lowest BCUT2D eigenvalue weighted by Gasteiger charge is -2.41. The summed E-state index contributed by atoms with van der Waals surface area (Å²) in [6, 6.07) is 0.804. The zero-order valence-corrected chi connectivity index (χ0v) is 15.4. The lowest BCUT2D eigenvalue weighted by Crippen LogP contribution is -3.09. The third-order valence-electron chi connectivity index (χ3n) is 6.12. The molecule has 0 aromatic rings. The van der Waals surface area contributed by atoms with Gasteiger partial charge < -0.3 is 10.6 Å². The fourth-order valence-electron chi connectivity index (χ4n) is 4.98. The van der Waals surface area contributed by atoms with Crippen LogP contribution in [0, 0.1) is 11.3 Å². The molecule has 0 amide bonds. The van der Waals surface area contributed by atoms with Crippen LogP contribution in [0.15, 0.2) is 11.6 Å². The number of allylic oxidation sites excluding steroid dienone is 2. The van der Waals surface area contributed by atoms with Crippen LogP contribution in [-0.2, 0) is 0 Å². The topological polar surface area (TPSA) is 33.2 Å². The summed E-state index contributed by atoms with van der Waals surface area (Å²) in [4.78, 5) is 0. The Bertz CT molecular complexity index is 388. The van der Waals surface area contributed by atoms with E-state index in [1.807, 2.05) is 0 Å². The van der Waals surface area contributed by atoms with Gasteiger partial charge >= 0.3 is 0 Å². The molecule has 1 aliphatic heterocycles. The van der Waals surface area contributed by atoms with Crippen molar-refractivity contribution in [3.05, 3.63) is 11.6 Å². The minimum absolute atomic E-state index is 0.397. The number of quaternary nitrogens is 2. The smallest absolute Gasteiger partial charge is 0.0979 e. The lowest BCUT2D eigenvalue weighted by molar-refractivity contribution is -0.814. The molecule has 4 N–H and O–H groups in total. The van der Waals surface area contributed by atoms with Crippen LogP contribution < -0.4 is 10.6 Å². The molecule has 0 spiro atoms. The number of rotatable bonds is 4. The van der Waals surface area contributed by atoms with Crippen LogP contribution in [0.4, 0.5) is 0 Å². The highest BCUT2D eigenvalue weighted by atomic mass is 15.1. The minimum Gasteiger partial charge on any atom is -0.343 e. The third-order valence-corrected chi connectivity index (χ3v) is 6.12. The van der Waals surface area contributed by atoms with E-state index >= 15 is 0 Å². The van der Waals surface area contributed by atoms with Crippen LogP contribution in [0.1, 0.15) is 74.1 Å². The molecular formula is C19H38N2+2. The van der Waals surface area contributed by atoms with Gasteiger partial charge in [-0.1, -0.05) is 25.5 Å². The summed E-state index contributed by atoms with van der Waals surface area (Å²) in [5, 5.41) is 5.23. The van der Waals surface area contributed by atoms with Crippen LogP contribution in [0.2, 0.25) is 0 Å². The van der Waals surface area contributed by atoms with E-state index in [1.165, 1.54) is 32.2 Å². The van der Waals surface area contributed by atoms with Gasteiger partial charge in [-0.05, 0) is 52.4 Å². The molecule has 1 saturated heterocycles. The van der Waals surface area contributed by atoms with Crippen molar-refractivity contribution in [2.45, 2.75) is 91.3 Å². The Kier molecular flexibility index (Phi) is 4.62. The first-order chi connectivity index (χ1) is 9.52. The fourth-order valence-corrected chi connectivity index (χ4v) is 4.98. The Morgan fingerprint density at radius 2 is 1.67 bits per heavy atom. The minimum atomic E-state index is 0.397. The van der Waals surface area contributed by atoms with Gasteiger partial charge in [-0.3, -0.25) is 0 Å². The largest absolute Gasteiger partial charge is 0.343 e. The van der Waals surface area contributed by atoms with Crippen molar-refractivity contribution in [1.82, 2.24) is 0 Å². The molecule has 2 aliphatic rings. The zero-order valence-electron chi connectivity index (χ0n) is 15.4. The molecule has 2 nitrogen and oxygen atoms in total. The standard InChI is InChI=1S/C19H36N2/c1-14-8-9-15(19(14,6)7)10-11-20-16-12-17(2,3)21-18(4,5)13-16/h8,15-16,20-21H,9-13H2,1-7H3/p+2/t15-/m1/s1. The van der Waals surface area contributed by atoms with Crippen LogP contribution in [0.25, 0.3) is 0 Å². The summed E-state index contributed by atoms with van der Waals surface area (Å²) in [5.41, 5.74) is 2.82. The van der Waals surface area contributed by atoms with Gasteiger partial charge in [0, 0.05) is 6.42 Å². The van der Waals surface area contributed by atoms with Crippen LogP contribution in [-0.4, -0.2) is 23.7 Å². The van der Waals surface area contributed by atoms with Crippen molar-refractivity contribution in [2.24, 2.45) is 11.3 Å². The van der Waals surface area contributed by atoms with E-state index in [2.05, 4.69) is 65.2 Å². The second-order valence-electron chi connectivity index (χ2n) is 9.64. The van der Waals surface area contributed by atoms with Crippen molar-refractivity contribution in [1.29, 1.82) is 0 Å². The average Bonchev–Trinajstić information content (AvgIpc) is 2.51. The SMILES string of the molecule is CC1=CC[C@H](CC[NH2+]C2CC(C)(C)[NH2+]C(C)(C)C2)C1(C)C. The fraction of sp³-hybridized carbons (Fsp3) is 0.895. The molecule has 0 radical (unpaired) electrons. The van der Waals surface area contributed by atoms with Crippen LogP contribution in [0.5, 0.6) is 0 Å². The van der Waals surface area contributed by atoms with E-state index in [1.54, 1.807) is 5.57 Å². The lowest BCUT2D eigenvalue weighted by atomic mass is 9.76. The van der Waals surface area contributed by atoms with E-state index in [9.17, 15) is 0 Å². The van der Waals surface area contributed by atoms with Crippen molar-refractivity contribution in [3.63, 3.8) is 0 Å². The highest BCUT2D eigenvalue weighted by molar-refractivity contribution is 5.17. The predicted octanol–water partition coefficient (Wildman–Crippen LogP) is 2.22. The number of piperidine rings is 1. The molecule has 0 aromatic carbocycles. The Labute approximate surface area is 132 Å². The molecule has 0 bridgehead atoms. The summed E-state index contributed by atoms with van der Waals surface area (Å²) in [6.07, 6.45) is 7.79. The van der Waals surface area contributed by atoms with Gasteiger partial charge in [-0.2, -0.15) is 0 Å². The second kappa shape index (κ2) is 5.70. The number of hydrogen-bond acceptors (Lipinski definition) is 0. The van der Waals surface area contributed by atoms with Gasteiger partial charge in [0.25, 0.3) is 0 Å². The average molecular weight is 295 g/mol. The summed E-state index contributed by atoms with van der Waals surface area (Å²) in [6.45, 7) is 18.1. The number of hydrogen-bond donors (Lipinski definition) is 2. The van der Waals surface area contributed by atoms with Gasteiger partial charge in [0.1, 0.15) is 0 Å². The highest BCUT2D eigenvalue weighted by Crippen LogP contribution is 2.44. The van der Waals surface area contributed by atoms with Gasteiger partial charge in [-0.15, -0.1) is 0 Å². The predicted molar refractivity (Wildman–Crippen MR) is 90.2 cm³/mol. The Balaban J connectivity index is 1.82. The first-order valence-corrected chi connectivity index (χ1v) is 8.89. The Morgan fingerprint density at radius 3 is 2.14 bits per heavy atom. The molecule has 1 fully saturated rings. The van der Waals surface area contributed by atoms with Gasteiger partial charge in [0.05, 0.1) is 36.5 Å². The van der Waals surface area contributed by atoms with E-state index in [-0.39, 0.29) is 0 Å². The zero-order chi connectivity index (χ0) is 15.9. The van der Waals surface area contributed by atoms with E-state index < -0.39 is 0 Å². The molecule has 21 heavy (non-hydrogen) atoms. The Morgan fingerprint density at radius 1 is 1.10 bits per heavy atom. The monoisotopic (exact) mass is 294 g/mol. The maximum Gasteiger partial charge on any atom is 0.0979 e. The second-order valence-corrected chi connectivity index (χ2v) is 9.64. The molecule has 122 valence electrons. The van der Waals surface area contributed by atoms with Gasteiger partial charge in [-0.25, -0.2) is 0 Å². The van der Waals surface area contributed by atoms with E-state index in [0.717, 1.165) is 12.0 Å². The van der Waals surface area contributed by atoms with Crippen molar-refractivity contribution >= 4 is 0 Å². The van der Waals surface area contributed by atoms with Crippen molar-refractivity contribution in [2.75, 3.05) is 6.54 Å². The highest BCUT2D eigenvalue weighted by Gasteiger charge is 2.43. The molecule has 0 aromatic heterocycles. The maximum atomic E-state index is 2.65. The van der Waals surface area contributed by atoms with Crippen molar-refractivity contribution < 1.29 is 10.6 Å². The summed E-state index contributed by atoms with van der Waals surface area (Å²) >= 11 is 0. The molecule has 2 rings (SSSR count). The quantitative estimate of drug-likeness (QED) is 0.746. The molecule has 2 heteroatoms. The first-order valence-electron chi connectivity index (χ1n) is 8.89. The number of nitrogens with two attached hydrogens (primary N) is 2. The molecular weight excluding hydrogens is 256 g/mol. The molecule has 1 aliphatic carbocycles. The molecule has 1 atom stereocenters. The summed E-state index contributed by atoms with van der Waals surface area (Å²) in [5.74, 6) is 0.852. The summed E-state index contributed by atoms with van der Waals surface area (Å²) < 4.78 is 0. The molecule has 0 saturated carbocycles. The first kappa shape index (κ1) is 17.0. The normalized spacial score (nSPS) is 31.2. The van der Waals surface area contributed by atoms with E-state index in [0.29, 0.717) is 16.5 Å². The summed E-state index contributed by atoms with van der Waals surface area (Å²) in [7, 11) is 0. The Hall–Kier alpha value is -0.340. The van der Waals surface area contributed by atoms with Crippen LogP contribution >= 0.6 is 0 Å². The maximum absolute atomic E-state index is 2.65. The van der Waals surface area contributed by atoms with Gasteiger partial charge in [0.15, 0.2) is 0 Å².